The van der Waals surface area contributed by atoms with E-state index in [1.54, 1.807) is 23.5 Å². The SMILES string of the molecule is O=C1COc2ccc(C(=O)COC(=O)CCc3nc4ccccc4s3)cc2N1. The van der Waals surface area contributed by atoms with Crippen LogP contribution >= 0.6 is 11.3 Å². The number of rotatable bonds is 6. The minimum Gasteiger partial charge on any atom is -0.482 e. The van der Waals surface area contributed by atoms with Gasteiger partial charge in [0.05, 0.1) is 27.3 Å². The van der Waals surface area contributed by atoms with Crippen molar-refractivity contribution in [3.8, 4) is 5.75 Å². The molecule has 0 saturated carbocycles. The van der Waals surface area contributed by atoms with Crippen LogP contribution in [0.25, 0.3) is 10.2 Å². The summed E-state index contributed by atoms with van der Waals surface area (Å²) in [6.45, 7) is -0.404. The van der Waals surface area contributed by atoms with Crippen LogP contribution in [-0.4, -0.2) is 35.9 Å². The van der Waals surface area contributed by atoms with Gasteiger partial charge in [-0.05, 0) is 30.3 Å². The van der Waals surface area contributed by atoms with Crippen molar-refractivity contribution in [1.29, 1.82) is 0 Å². The Balaban J connectivity index is 1.30. The Hall–Kier alpha value is -3.26. The number of anilines is 1. The molecule has 0 unspecified atom stereocenters. The van der Waals surface area contributed by atoms with Crippen LogP contribution in [-0.2, 0) is 20.7 Å². The monoisotopic (exact) mass is 396 g/mol. The van der Waals surface area contributed by atoms with Crippen molar-refractivity contribution in [1.82, 2.24) is 4.98 Å². The van der Waals surface area contributed by atoms with E-state index in [2.05, 4.69) is 10.3 Å². The van der Waals surface area contributed by atoms with Crippen molar-refractivity contribution >= 4 is 44.9 Å². The molecule has 0 radical (unpaired) electrons. The molecule has 0 aliphatic carbocycles. The average molecular weight is 396 g/mol. The summed E-state index contributed by atoms with van der Waals surface area (Å²) in [5.74, 6) is -0.583. The molecule has 142 valence electrons. The number of amides is 1. The molecule has 1 amide bonds. The summed E-state index contributed by atoms with van der Waals surface area (Å²) in [7, 11) is 0. The zero-order valence-corrected chi connectivity index (χ0v) is 15.6. The molecule has 7 nitrogen and oxygen atoms in total. The number of hydrogen-bond donors (Lipinski definition) is 1. The average Bonchev–Trinajstić information content (AvgIpc) is 3.13. The van der Waals surface area contributed by atoms with Crippen LogP contribution in [0.2, 0.25) is 0 Å². The van der Waals surface area contributed by atoms with Crippen LogP contribution < -0.4 is 10.1 Å². The fourth-order valence-electron chi connectivity index (χ4n) is 2.79. The third kappa shape index (κ3) is 4.01. The molecule has 0 bridgehead atoms. The first-order valence-electron chi connectivity index (χ1n) is 8.68. The fourth-order valence-corrected chi connectivity index (χ4v) is 3.76. The van der Waals surface area contributed by atoms with E-state index >= 15 is 0 Å². The van der Waals surface area contributed by atoms with Gasteiger partial charge < -0.3 is 14.8 Å². The number of nitrogens with one attached hydrogen (secondary N) is 1. The zero-order valence-electron chi connectivity index (χ0n) is 14.8. The first-order chi connectivity index (χ1) is 13.6. The minimum absolute atomic E-state index is 0.0490. The number of aromatic nitrogens is 1. The molecule has 1 aromatic heterocycles. The van der Waals surface area contributed by atoms with Gasteiger partial charge in [-0.15, -0.1) is 11.3 Å². The molecule has 0 spiro atoms. The van der Waals surface area contributed by atoms with E-state index in [-0.39, 0.29) is 31.3 Å². The summed E-state index contributed by atoms with van der Waals surface area (Å²) < 4.78 is 11.4. The Kier molecular flexibility index (Phi) is 5.03. The lowest BCUT2D eigenvalue weighted by Crippen LogP contribution is -2.25. The maximum atomic E-state index is 12.3. The molecule has 2 aromatic carbocycles. The smallest absolute Gasteiger partial charge is 0.306 e. The zero-order chi connectivity index (χ0) is 19.5. The number of carbonyl (C=O) groups is 3. The highest BCUT2D eigenvalue weighted by atomic mass is 32.1. The molecule has 0 atom stereocenters. The van der Waals surface area contributed by atoms with E-state index in [9.17, 15) is 14.4 Å². The number of fused-ring (bicyclic) bond motifs is 2. The molecule has 0 fully saturated rings. The Bertz CT molecular complexity index is 1040. The van der Waals surface area contributed by atoms with E-state index in [1.165, 1.54) is 6.07 Å². The highest BCUT2D eigenvalue weighted by molar-refractivity contribution is 7.18. The normalized spacial score (nSPS) is 12.8. The highest BCUT2D eigenvalue weighted by Gasteiger charge is 2.18. The van der Waals surface area contributed by atoms with Crippen LogP contribution in [0.5, 0.6) is 5.75 Å². The van der Waals surface area contributed by atoms with Gasteiger partial charge in [-0.25, -0.2) is 4.98 Å². The first-order valence-corrected chi connectivity index (χ1v) is 9.50. The quantitative estimate of drug-likeness (QED) is 0.508. The summed E-state index contributed by atoms with van der Waals surface area (Å²) in [5, 5.41) is 3.50. The van der Waals surface area contributed by atoms with Crippen LogP contribution in [0.1, 0.15) is 21.8 Å². The maximum Gasteiger partial charge on any atom is 0.306 e. The molecule has 1 N–H and O–H groups in total. The molecule has 1 aliphatic heterocycles. The van der Waals surface area contributed by atoms with Crippen molar-refractivity contribution in [3.63, 3.8) is 0 Å². The number of ketones is 1. The van der Waals surface area contributed by atoms with E-state index in [0.29, 0.717) is 23.4 Å². The third-order valence-corrected chi connectivity index (χ3v) is 5.28. The second kappa shape index (κ2) is 7.77. The lowest BCUT2D eigenvalue weighted by molar-refractivity contribution is -0.142. The molecule has 4 rings (SSSR count). The van der Waals surface area contributed by atoms with Gasteiger partial charge in [-0.1, -0.05) is 12.1 Å². The molecular weight excluding hydrogens is 380 g/mol. The topological polar surface area (TPSA) is 94.6 Å². The largest absolute Gasteiger partial charge is 0.482 e. The van der Waals surface area contributed by atoms with Gasteiger partial charge >= 0.3 is 5.97 Å². The number of benzene rings is 2. The Morgan fingerprint density at radius 2 is 2.07 bits per heavy atom. The summed E-state index contributed by atoms with van der Waals surface area (Å²) in [6.07, 6.45) is 0.621. The minimum atomic E-state index is -0.456. The van der Waals surface area contributed by atoms with Gasteiger partial charge in [0.1, 0.15) is 5.75 Å². The number of esters is 1. The second-order valence-electron chi connectivity index (χ2n) is 6.21. The van der Waals surface area contributed by atoms with E-state index in [1.807, 2.05) is 24.3 Å². The molecule has 2 heterocycles. The number of hydrogen-bond acceptors (Lipinski definition) is 7. The van der Waals surface area contributed by atoms with Crippen molar-refractivity contribution in [2.45, 2.75) is 12.8 Å². The Labute approximate surface area is 164 Å². The molecule has 0 saturated heterocycles. The lowest BCUT2D eigenvalue weighted by Gasteiger charge is -2.18. The number of aryl methyl sites for hydroxylation is 1. The predicted octanol–water partition coefficient (Wildman–Crippen LogP) is 2.99. The standard InChI is InChI=1S/C20H16N2O5S/c23-15(12-5-6-16-14(9-12)21-18(24)11-26-16)10-27-20(25)8-7-19-22-13-3-1-2-4-17(13)28-19/h1-6,9H,7-8,10-11H2,(H,21,24). The van der Waals surface area contributed by atoms with Gasteiger partial charge in [0.2, 0.25) is 0 Å². The van der Waals surface area contributed by atoms with Gasteiger partial charge in [-0.2, -0.15) is 0 Å². The summed E-state index contributed by atoms with van der Waals surface area (Å²) >= 11 is 1.54. The number of carbonyl (C=O) groups excluding carboxylic acids is 3. The van der Waals surface area contributed by atoms with Gasteiger partial charge in [0.25, 0.3) is 5.91 Å². The highest BCUT2D eigenvalue weighted by Crippen LogP contribution is 2.28. The van der Waals surface area contributed by atoms with Crippen molar-refractivity contribution in [2.24, 2.45) is 0 Å². The molecule has 3 aromatic rings. The van der Waals surface area contributed by atoms with Crippen molar-refractivity contribution in [2.75, 3.05) is 18.5 Å². The Morgan fingerprint density at radius 3 is 2.93 bits per heavy atom. The lowest BCUT2D eigenvalue weighted by atomic mass is 10.1. The predicted molar refractivity (Wildman–Crippen MR) is 104 cm³/mol. The van der Waals surface area contributed by atoms with E-state index in [0.717, 1.165) is 15.2 Å². The van der Waals surface area contributed by atoms with Crippen LogP contribution in [0.3, 0.4) is 0 Å². The van der Waals surface area contributed by atoms with E-state index < -0.39 is 5.97 Å². The third-order valence-electron chi connectivity index (χ3n) is 4.18. The molecular formula is C20H16N2O5S. The summed E-state index contributed by atoms with van der Waals surface area (Å²) in [4.78, 5) is 40.1. The Morgan fingerprint density at radius 1 is 1.21 bits per heavy atom. The maximum absolute atomic E-state index is 12.3. The van der Waals surface area contributed by atoms with Crippen LogP contribution in [0, 0.1) is 0 Å². The van der Waals surface area contributed by atoms with Crippen LogP contribution in [0.15, 0.2) is 42.5 Å². The van der Waals surface area contributed by atoms with Gasteiger partial charge in [-0.3, -0.25) is 14.4 Å². The first kappa shape index (κ1) is 18.1. The molecule has 1 aliphatic rings. The fraction of sp³-hybridized carbons (Fsp3) is 0.200. The number of thiazole rings is 1. The summed E-state index contributed by atoms with van der Waals surface area (Å²) in [5.41, 5.74) is 1.68. The molecule has 8 heteroatoms. The van der Waals surface area contributed by atoms with Gasteiger partial charge in [0, 0.05) is 12.0 Å². The number of Topliss-reactive ketones (excluding diaryl/α,β-unsaturated/α-hetero) is 1. The van der Waals surface area contributed by atoms with E-state index in [4.69, 9.17) is 9.47 Å². The molecule has 28 heavy (non-hydrogen) atoms. The van der Waals surface area contributed by atoms with Crippen molar-refractivity contribution in [3.05, 3.63) is 53.0 Å². The number of para-hydroxylation sites is 1. The number of nitrogens with zero attached hydrogens (tertiary/aromatic N) is 1. The summed E-state index contributed by atoms with van der Waals surface area (Å²) in [6, 6.07) is 12.5. The second-order valence-corrected chi connectivity index (χ2v) is 7.32. The van der Waals surface area contributed by atoms with Crippen molar-refractivity contribution < 1.29 is 23.9 Å². The van der Waals surface area contributed by atoms with Crippen LogP contribution in [0.4, 0.5) is 5.69 Å². The van der Waals surface area contributed by atoms with Gasteiger partial charge in [0.15, 0.2) is 19.0 Å². The number of ether oxygens (including phenoxy) is 2.